The molecule has 3 aromatic rings. The van der Waals surface area contributed by atoms with E-state index in [1.165, 1.54) is 12.1 Å². The molecular weight excluding hydrogens is 351 g/mol. The predicted molar refractivity (Wildman–Crippen MR) is 113 cm³/mol. The van der Waals surface area contributed by atoms with Gasteiger partial charge in [-0.1, -0.05) is 20.8 Å². The topological polar surface area (TPSA) is 44.8 Å². The van der Waals surface area contributed by atoms with Crippen molar-refractivity contribution in [3.63, 3.8) is 0 Å². The maximum Gasteiger partial charge on any atom is 0.123 e. The van der Waals surface area contributed by atoms with Crippen LogP contribution >= 0.6 is 0 Å². The number of hydrogen-bond acceptors (Lipinski definition) is 3. The van der Waals surface area contributed by atoms with Crippen LogP contribution in [0.2, 0.25) is 0 Å². The van der Waals surface area contributed by atoms with E-state index in [4.69, 9.17) is 4.98 Å². The summed E-state index contributed by atoms with van der Waals surface area (Å²) in [5.41, 5.74) is 3.83. The molecule has 148 valence electrons. The highest BCUT2D eigenvalue weighted by atomic mass is 19.1. The van der Waals surface area contributed by atoms with Gasteiger partial charge in [-0.3, -0.25) is 4.98 Å². The molecule has 0 saturated carbocycles. The van der Waals surface area contributed by atoms with Gasteiger partial charge in [-0.25, -0.2) is 9.37 Å². The number of H-pyrrole nitrogens is 1. The lowest BCUT2D eigenvalue weighted by Gasteiger charge is -2.29. The molecule has 0 bridgehead atoms. The van der Waals surface area contributed by atoms with Crippen LogP contribution in [0.4, 0.5) is 4.39 Å². The smallest absolute Gasteiger partial charge is 0.123 e. The van der Waals surface area contributed by atoms with Crippen LogP contribution in [0.25, 0.3) is 22.5 Å². The number of aromatic amines is 1. The normalized spacial score (nSPS) is 15.1. The summed E-state index contributed by atoms with van der Waals surface area (Å²) < 4.78 is 13.4. The number of pyridine rings is 1. The Balaban J connectivity index is 0.00000109. The van der Waals surface area contributed by atoms with Gasteiger partial charge in [0.05, 0.1) is 11.4 Å². The van der Waals surface area contributed by atoms with Gasteiger partial charge in [0.25, 0.3) is 0 Å². The Kier molecular flexibility index (Phi) is 6.93. The molecule has 0 unspecified atom stereocenters. The number of aromatic nitrogens is 3. The number of likely N-dealkylation sites (tertiary alicyclic amines) is 1. The Morgan fingerprint density at radius 1 is 1.00 bits per heavy atom. The standard InChI is InChI=1S/C21H23FN4.C2H6/c1-2-26-13-9-17(10-14-26)21-24-19(15-3-5-18(22)6-4-15)20(25-21)16-7-11-23-12-8-16;1-2/h3-8,11-12,17H,2,9-10,13-14H2,1H3,(H,24,25);1-2H3. The maximum atomic E-state index is 13.4. The van der Waals surface area contributed by atoms with E-state index in [0.29, 0.717) is 5.92 Å². The lowest BCUT2D eigenvalue weighted by atomic mass is 9.96. The largest absolute Gasteiger partial charge is 0.341 e. The first kappa shape index (κ1) is 20.2. The van der Waals surface area contributed by atoms with E-state index >= 15 is 0 Å². The van der Waals surface area contributed by atoms with Gasteiger partial charge in [-0.05, 0) is 68.9 Å². The van der Waals surface area contributed by atoms with Gasteiger partial charge in [0.15, 0.2) is 0 Å². The fourth-order valence-corrected chi connectivity index (χ4v) is 3.65. The molecule has 0 aliphatic carbocycles. The molecule has 3 heterocycles. The monoisotopic (exact) mass is 380 g/mol. The number of halogens is 1. The van der Waals surface area contributed by atoms with Crippen molar-refractivity contribution >= 4 is 0 Å². The van der Waals surface area contributed by atoms with Crippen molar-refractivity contribution in [1.82, 2.24) is 19.9 Å². The molecule has 28 heavy (non-hydrogen) atoms. The van der Waals surface area contributed by atoms with Crippen molar-refractivity contribution in [1.29, 1.82) is 0 Å². The number of imidazole rings is 1. The van der Waals surface area contributed by atoms with Crippen LogP contribution in [-0.4, -0.2) is 39.5 Å². The van der Waals surface area contributed by atoms with Gasteiger partial charge in [0.2, 0.25) is 0 Å². The number of rotatable bonds is 4. The molecule has 0 radical (unpaired) electrons. The van der Waals surface area contributed by atoms with E-state index < -0.39 is 0 Å². The molecule has 2 aromatic heterocycles. The summed E-state index contributed by atoms with van der Waals surface area (Å²) in [4.78, 5) is 15.1. The highest BCUT2D eigenvalue weighted by Crippen LogP contribution is 2.34. The highest BCUT2D eigenvalue weighted by Gasteiger charge is 2.24. The molecule has 1 fully saturated rings. The minimum Gasteiger partial charge on any atom is -0.341 e. The van der Waals surface area contributed by atoms with E-state index in [1.807, 2.05) is 26.0 Å². The van der Waals surface area contributed by atoms with E-state index in [2.05, 4.69) is 21.8 Å². The lowest BCUT2D eigenvalue weighted by molar-refractivity contribution is 0.219. The molecule has 1 saturated heterocycles. The molecule has 4 nitrogen and oxygen atoms in total. The van der Waals surface area contributed by atoms with E-state index in [-0.39, 0.29) is 5.82 Å². The van der Waals surface area contributed by atoms with E-state index in [0.717, 1.165) is 60.8 Å². The minimum absolute atomic E-state index is 0.234. The predicted octanol–water partition coefficient (Wildman–Crippen LogP) is 5.50. The Bertz CT molecular complexity index is 850. The molecule has 1 aromatic carbocycles. The van der Waals surface area contributed by atoms with Crippen LogP contribution in [0.15, 0.2) is 48.8 Å². The average Bonchev–Trinajstić information content (AvgIpc) is 3.22. The van der Waals surface area contributed by atoms with Crippen LogP contribution < -0.4 is 0 Å². The molecule has 1 aliphatic rings. The number of piperidine rings is 1. The second kappa shape index (κ2) is 9.60. The van der Waals surface area contributed by atoms with Crippen molar-refractivity contribution in [2.45, 2.75) is 39.5 Å². The summed E-state index contributed by atoms with van der Waals surface area (Å²) >= 11 is 0. The molecule has 0 spiro atoms. The zero-order chi connectivity index (χ0) is 19.9. The van der Waals surface area contributed by atoms with Crippen LogP contribution in [0.3, 0.4) is 0 Å². The van der Waals surface area contributed by atoms with Crippen molar-refractivity contribution < 1.29 is 4.39 Å². The molecule has 5 heteroatoms. The zero-order valence-corrected chi connectivity index (χ0v) is 17.0. The molecular formula is C23H29FN4. The van der Waals surface area contributed by atoms with Crippen LogP contribution in [0.5, 0.6) is 0 Å². The summed E-state index contributed by atoms with van der Waals surface area (Å²) in [5.74, 6) is 1.24. The quantitative estimate of drug-likeness (QED) is 0.650. The first-order valence-electron chi connectivity index (χ1n) is 10.2. The summed E-state index contributed by atoms with van der Waals surface area (Å²) in [6.45, 7) is 9.53. The van der Waals surface area contributed by atoms with E-state index in [1.54, 1.807) is 24.5 Å². The Morgan fingerprint density at radius 2 is 1.64 bits per heavy atom. The number of nitrogens with zero attached hydrogens (tertiary/aromatic N) is 3. The van der Waals surface area contributed by atoms with Crippen LogP contribution in [0, 0.1) is 5.82 Å². The lowest BCUT2D eigenvalue weighted by Crippen LogP contribution is -2.32. The summed E-state index contributed by atoms with van der Waals surface area (Å²) in [6.07, 6.45) is 5.79. The summed E-state index contributed by atoms with van der Waals surface area (Å²) in [5, 5.41) is 0. The number of benzene rings is 1. The third-order valence-electron chi connectivity index (χ3n) is 5.23. The van der Waals surface area contributed by atoms with E-state index in [9.17, 15) is 4.39 Å². The first-order valence-corrected chi connectivity index (χ1v) is 10.2. The first-order chi connectivity index (χ1) is 13.7. The van der Waals surface area contributed by atoms with Crippen LogP contribution in [-0.2, 0) is 0 Å². The van der Waals surface area contributed by atoms with Gasteiger partial charge >= 0.3 is 0 Å². The van der Waals surface area contributed by atoms with Crippen molar-refractivity contribution in [3.05, 3.63) is 60.4 Å². The third-order valence-corrected chi connectivity index (χ3v) is 5.23. The zero-order valence-electron chi connectivity index (χ0n) is 17.0. The molecule has 0 amide bonds. The number of nitrogens with one attached hydrogen (secondary N) is 1. The fraction of sp³-hybridized carbons (Fsp3) is 0.391. The van der Waals surface area contributed by atoms with Crippen molar-refractivity contribution in [3.8, 4) is 22.5 Å². The molecule has 1 aliphatic heterocycles. The van der Waals surface area contributed by atoms with Gasteiger partial charge in [0, 0.05) is 29.4 Å². The van der Waals surface area contributed by atoms with Crippen molar-refractivity contribution in [2.24, 2.45) is 0 Å². The molecule has 0 atom stereocenters. The van der Waals surface area contributed by atoms with Crippen LogP contribution in [0.1, 0.15) is 45.4 Å². The second-order valence-electron chi connectivity index (χ2n) is 6.80. The Hall–Kier alpha value is -2.53. The Labute approximate surface area is 166 Å². The number of hydrogen-bond donors (Lipinski definition) is 1. The fourth-order valence-electron chi connectivity index (χ4n) is 3.65. The van der Waals surface area contributed by atoms with Gasteiger partial charge in [-0.15, -0.1) is 0 Å². The Morgan fingerprint density at radius 3 is 2.25 bits per heavy atom. The maximum absolute atomic E-state index is 13.4. The molecule has 4 rings (SSSR count). The third kappa shape index (κ3) is 4.47. The van der Waals surface area contributed by atoms with Crippen molar-refractivity contribution in [2.75, 3.05) is 19.6 Å². The summed E-state index contributed by atoms with van der Waals surface area (Å²) in [6, 6.07) is 10.5. The highest BCUT2D eigenvalue weighted by molar-refractivity contribution is 5.78. The molecule has 1 N–H and O–H groups in total. The van der Waals surface area contributed by atoms with Gasteiger partial charge < -0.3 is 9.88 Å². The second-order valence-corrected chi connectivity index (χ2v) is 6.80. The van der Waals surface area contributed by atoms with Gasteiger partial charge in [-0.2, -0.15) is 0 Å². The summed E-state index contributed by atoms with van der Waals surface area (Å²) in [7, 11) is 0. The minimum atomic E-state index is -0.234. The average molecular weight is 381 g/mol. The SMILES string of the molecule is CC.CCN1CCC(c2nc(-c3ccc(F)cc3)c(-c3ccncc3)[nH]2)CC1. The van der Waals surface area contributed by atoms with Gasteiger partial charge in [0.1, 0.15) is 11.6 Å².